The van der Waals surface area contributed by atoms with Gasteiger partial charge in [0.15, 0.2) is 17.2 Å². The molecule has 8 nitrogen and oxygen atoms in total. The minimum absolute atomic E-state index is 0.0226. The fourth-order valence-electron chi connectivity index (χ4n) is 3.54. The number of cyclic esters (lactones) is 1. The lowest BCUT2D eigenvalue weighted by molar-refractivity contribution is -0.385. The Balaban J connectivity index is 1.65. The van der Waals surface area contributed by atoms with E-state index in [1.165, 1.54) is 12.1 Å². The Morgan fingerprint density at radius 2 is 1.89 bits per heavy atom. The van der Waals surface area contributed by atoms with Gasteiger partial charge in [-0.3, -0.25) is 10.1 Å². The van der Waals surface area contributed by atoms with Crippen molar-refractivity contribution in [3.63, 3.8) is 0 Å². The summed E-state index contributed by atoms with van der Waals surface area (Å²) >= 11 is 3.54. The second kappa shape index (κ2) is 10.5. The van der Waals surface area contributed by atoms with Crippen molar-refractivity contribution in [2.75, 3.05) is 6.61 Å². The number of nitrogens with zero attached hydrogens (tertiary/aromatic N) is 2. The van der Waals surface area contributed by atoms with E-state index in [0.717, 1.165) is 5.56 Å². The van der Waals surface area contributed by atoms with Crippen LogP contribution in [-0.2, 0) is 16.1 Å². The normalized spacial score (nSPS) is 14.0. The quantitative estimate of drug-likeness (QED) is 0.152. The average molecular weight is 537 g/mol. The van der Waals surface area contributed by atoms with E-state index < -0.39 is 10.9 Å². The van der Waals surface area contributed by atoms with Crippen molar-refractivity contribution in [3.8, 4) is 11.5 Å². The molecule has 178 valence electrons. The lowest BCUT2D eigenvalue weighted by Crippen LogP contribution is -2.08. The first kappa shape index (κ1) is 24.2. The Labute approximate surface area is 210 Å². The highest BCUT2D eigenvalue weighted by atomic mass is 79.9. The van der Waals surface area contributed by atoms with Gasteiger partial charge in [0.25, 0.3) is 5.69 Å². The van der Waals surface area contributed by atoms with Gasteiger partial charge in [-0.1, -0.05) is 36.4 Å². The van der Waals surface area contributed by atoms with Crippen LogP contribution in [0.15, 0.2) is 75.8 Å². The van der Waals surface area contributed by atoms with Crippen molar-refractivity contribution in [3.05, 3.63) is 103 Å². The molecule has 0 atom stereocenters. The monoisotopic (exact) mass is 536 g/mol. The molecule has 0 saturated heterocycles. The number of carbonyl (C=O) groups excluding carboxylic acids is 1. The van der Waals surface area contributed by atoms with E-state index >= 15 is 0 Å². The highest BCUT2D eigenvalue weighted by molar-refractivity contribution is 9.10. The summed E-state index contributed by atoms with van der Waals surface area (Å²) in [5, 5.41) is 11.3. The summed E-state index contributed by atoms with van der Waals surface area (Å²) in [5.41, 5.74) is 2.40. The molecule has 0 aromatic heterocycles. The van der Waals surface area contributed by atoms with E-state index in [9.17, 15) is 14.9 Å². The smallest absolute Gasteiger partial charge is 0.363 e. The van der Waals surface area contributed by atoms with Crippen molar-refractivity contribution in [1.82, 2.24) is 0 Å². The molecule has 0 aliphatic carbocycles. The number of esters is 1. The summed E-state index contributed by atoms with van der Waals surface area (Å²) in [6.07, 6.45) is 1.57. The average Bonchev–Trinajstić information content (AvgIpc) is 3.19. The fraction of sp³-hybridized carbons (Fsp3) is 0.154. The maximum absolute atomic E-state index is 12.5. The van der Waals surface area contributed by atoms with Crippen LogP contribution in [0.1, 0.15) is 29.2 Å². The van der Waals surface area contributed by atoms with Gasteiger partial charge in [0, 0.05) is 17.2 Å². The second-order valence-electron chi connectivity index (χ2n) is 7.58. The molecule has 4 rings (SSSR count). The minimum Gasteiger partial charge on any atom is -0.490 e. The Bertz CT molecular complexity index is 1350. The first-order valence-electron chi connectivity index (χ1n) is 10.8. The molecule has 9 heteroatoms. The number of halogens is 1. The Kier molecular flexibility index (Phi) is 7.26. The molecular weight excluding hydrogens is 516 g/mol. The molecule has 3 aromatic carbocycles. The molecule has 0 saturated carbocycles. The highest BCUT2D eigenvalue weighted by Crippen LogP contribution is 2.38. The molecule has 1 aliphatic rings. The number of nitro benzene ring substituents is 1. The highest BCUT2D eigenvalue weighted by Gasteiger charge is 2.27. The standard InChI is InChI=1S/C26H21BrN2O6/c1-3-33-23-14-18(12-20(27)24(23)34-15-17-8-5-4-6-9-17)13-21-26(30)35-25(28-21)19-10-7-11-22(16(19)2)29(31)32/h4-14H,3,15H2,1-2H3/b21-13-. The van der Waals surface area contributed by atoms with Crippen molar-refractivity contribution in [1.29, 1.82) is 0 Å². The fourth-order valence-corrected chi connectivity index (χ4v) is 4.11. The third kappa shape index (κ3) is 5.41. The van der Waals surface area contributed by atoms with Gasteiger partial charge in [0.2, 0.25) is 5.90 Å². The van der Waals surface area contributed by atoms with E-state index in [2.05, 4.69) is 20.9 Å². The zero-order valence-corrected chi connectivity index (χ0v) is 20.6. The Morgan fingerprint density at radius 1 is 1.11 bits per heavy atom. The van der Waals surface area contributed by atoms with Crippen molar-refractivity contribution < 1.29 is 23.9 Å². The summed E-state index contributed by atoms with van der Waals surface area (Å²) in [5.74, 6) is 0.428. The summed E-state index contributed by atoms with van der Waals surface area (Å²) in [4.78, 5) is 27.6. The van der Waals surface area contributed by atoms with Gasteiger partial charge >= 0.3 is 5.97 Å². The maximum atomic E-state index is 12.5. The number of rotatable bonds is 8. The predicted octanol–water partition coefficient (Wildman–Crippen LogP) is 5.99. The van der Waals surface area contributed by atoms with Gasteiger partial charge in [-0.2, -0.15) is 0 Å². The second-order valence-corrected chi connectivity index (χ2v) is 8.43. The Hall–Kier alpha value is -3.98. The number of nitro groups is 1. The number of hydrogen-bond donors (Lipinski definition) is 0. The molecule has 0 spiro atoms. The Morgan fingerprint density at radius 3 is 2.60 bits per heavy atom. The van der Waals surface area contributed by atoms with Crippen LogP contribution in [0.3, 0.4) is 0 Å². The maximum Gasteiger partial charge on any atom is 0.363 e. The van der Waals surface area contributed by atoms with Crippen LogP contribution in [0.25, 0.3) is 6.08 Å². The predicted molar refractivity (Wildman–Crippen MR) is 135 cm³/mol. The van der Waals surface area contributed by atoms with E-state index in [1.807, 2.05) is 37.3 Å². The molecule has 0 radical (unpaired) electrons. The molecule has 35 heavy (non-hydrogen) atoms. The number of ether oxygens (including phenoxy) is 3. The van der Waals surface area contributed by atoms with Crippen molar-refractivity contribution in [2.45, 2.75) is 20.5 Å². The van der Waals surface area contributed by atoms with Gasteiger partial charge in [-0.05, 0) is 65.2 Å². The zero-order chi connectivity index (χ0) is 24.9. The van der Waals surface area contributed by atoms with Gasteiger partial charge in [-0.25, -0.2) is 9.79 Å². The molecule has 0 N–H and O–H groups in total. The van der Waals surface area contributed by atoms with Gasteiger partial charge in [0.05, 0.1) is 16.0 Å². The third-order valence-electron chi connectivity index (χ3n) is 5.21. The van der Waals surface area contributed by atoms with Crippen LogP contribution >= 0.6 is 15.9 Å². The SMILES string of the molecule is CCOc1cc(/C=C2\N=C(c3cccc([N+](=O)[O-])c3C)OC2=O)cc(Br)c1OCc1ccccc1. The van der Waals surface area contributed by atoms with E-state index in [1.54, 1.807) is 31.2 Å². The summed E-state index contributed by atoms with van der Waals surface area (Å²) in [7, 11) is 0. The van der Waals surface area contributed by atoms with E-state index in [4.69, 9.17) is 14.2 Å². The van der Waals surface area contributed by atoms with E-state index in [-0.39, 0.29) is 17.3 Å². The van der Waals surface area contributed by atoms with Gasteiger partial charge < -0.3 is 14.2 Å². The van der Waals surface area contributed by atoms with Crippen molar-refractivity contribution in [2.24, 2.45) is 4.99 Å². The lowest BCUT2D eigenvalue weighted by atomic mass is 10.1. The molecule has 1 heterocycles. The van der Waals surface area contributed by atoms with Crippen LogP contribution in [0.4, 0.5) is 5.69 Å². The summed E-state index contributed by atoms with van der Waals surface area (Å²) < 4.78 is 17.8. The zero-order valence-electron chi connectivity index (χ0n) is 19.0. The number of aliphatic imine (C=N–C) groups is 1. The van der Waals surface area contributed by atoms with Crippen LogP contribution in [-0.4, -0.2) is 23.4 Å². The molecule has 3 aromatic rings. The molecule has 0 bridgehead atoms. The van der Waals surface area contributed by atoms with Crippen molar-refractivity contribution >= 4 is 39.6 Å². The lowest BCUT2D eigenvalue weighted by Gasteiger charge is -2.15. The molecule has 1 aliphatic heterocycles. The van der Waals surface area contributed by atoms with Crippen LogP contribution < -0.4 is 9.47 Å². The number of hydrogen-bond acceptors (Lipinski definition) is 7. The third-order valence-corrected chi connectivity index (χ3v) is 5.80. The minimum atomic E-state index is -0.649. The molecule has 0 fully saturated rings. The van der Waals surface area contributed by atoms with Gasteiger partial charge in [-0.15, -0.1) is 0 Å². The number of carbonyl (C=O) groups is 1. The largest absolute Gasteiger partial charge is 0.490 e. The van der Waals surface area contributed by atoms with Crippen LogP contribution in [0, 0.1) is 17.0 Å². The van der Waals surface area contributed by atoms with Gasteiger partial charge in [0.1, 0.15) is 6.61 Å². The number of benzene rings is 3. The van der Waals surface area contributed by atoms with Crippen LogP contribution in [0.5, 0.6) is 11.5 Å². The first-order chi connectivity index (χ1) is 16.9. The summed E-state index contributed by atoms with van der Waals surface area (Å²) in [6.45, 7) is 4.24. The molecule has 0 amide bonds. The first-order valence-corrected chi connectivity index (χ1v) is 11.6. The topological polar surface area (TPSA) is 100 Å². The molecular formula is C26H21BrN2O6. The summed E-state index contributed by atoms with van der Waals surface area (Å²) in [6, 6.07) is 17.8. The van der Waals surface area contributed by atoms with E-state index in [0.29, 0.717) is 45.9 Å². The van der Waals surface area contributed by atoms with Crippen LogP contribution in [0.2, 0.25) is 0 Å². The molecule has 0 unspecified atom stereocenters.